The molecule has 4 fully saturated rings. The van der Waals surface area contributed by atoms with Crippen LogP contribution in [0.5, 0.6) is 0 Å². The van der Waals surface area contributed by atoms with Crippen molar-refractivity contribution in [2.75, 3.05) is 91.2 Å². The summed E-state index contributed by atoms with van der Waals surface area (Å²) < 4.78 is 20.5. The van der Waals surface area contributed by atoms with Crippen molar-refractivity contribution in [3.63, 3.8) is 0 Å². The number of esters is 1. The summed E-state index contributed by atoms with van der Waals surface area (Å²) in [7, 11) is 3.78. The number of aryl methyl sites for hydroxylation is 1. The zero-order valence-electron chi connectivity index (χ0n) is 39.1. The number of aromatic nitrogens is 3. The Bertz CT molecular complexity index is 2400. The maximum atomic E-state index is 14.4. The molecule has 1 aromatic carbocycles. The number of hydrogen-bond donors (Lipinski definition) is 2. The van der Waals surface area contributed by atoms with Crippen molar-refractivity contribution in [1.29, 1.82) is 0 Å². The predicted octanol–water partition coefficient (Wildman–Crippen LogP) is 4.95. The van der Waals surface area contributed by atoms with Crippen molar-refractivity contribution in [3.05, 3.63) is 52.1 Å². The van der Waals surface area contributed by atoms with Crippen molar-refractivity contribution in [2.24, 2.45) is 5.41 Å². The van der Waals surface area contributed by atoms with E-state index in [-0.39, 0.29) is 37.1 Å². The second-order valence-electron chi connectivity index (χ2n) is 19.4. The molecule has 5 atom stereocenters. The number of cyclic esters (lactones) is 1. The zero-order valence-corrected chi connectivity index (χ0v) is 39.9. The summed E-state index contributed by atoms with van der Waals surface area (Å²) in [5, 5.41) is 8.46. The number of likely N-dealkylation sites (N-methyl/N-ethyl adjacent to an activating group) is 1. The fourth-order valence-electron chi connectivity index (χ4n) is 10.4. The first-order chi connectivity index (χ1) is 31.3. The molecule has 6 bridgehead atoms. The van der Waals surface area contributed by atoms with Crippen LogP contribution in [-0.4, -0.2) is 163 Å². The number of nitrogens with zero attached hydrogens (tertiary/aromatic N) is 8. The molecule has 5 aliphatic heterocycles. The third kappa shape index (κ3) is 9.37. The van der Waals surface area contributed by atoms with Gasteiger partial charge in [0.15, 0.2) is 0 Å². The van der Waals surface area contributed by atoms with Crippen LogP contribution in [0.15, 0.2) is 35.8 Å². The van der Waals surface area contributed by atoms with E-state index < -0.39 is 23.5 Å². The Balaban J connectivity index is 1.14. The molecule has 350 valence electrons. The fraction of sp³-hybridized carbons (Fsp3) is 0.604. The quantitative estimate of drug-likeness (QED) is 0.252. The molecular formula is C48H66N10O6S. The topological polar surface area (TPSA) is 150 Å². The number of thiazole rings is 1. The minimum absolute atomic E-state index is 0.0166. The number of fused-ring (bicyclic) bond motifs is 7. The van der Waals surface area contributed by atoms with Crippen LogP contribution in [0.3, 0.4) is 0 Å². The number of carbonyl (C=O) groups is 3. The number of benzene rings is 1. The van der Waals surface area contributed by atoms with Crippen molar-refractivity contribution < 1.29 is 28.6 Å². The van der Waals surface area contributed by atoms with Gasteiger partial charge in [0.25, 0.3) is 5.91 Å². The number of rotatable bonds is 6. The largest absolute Gasteiger partial charge is 0.464 e. The van der Waals surface area contributed by atoms with E-state index in [0.717, 1.165) is 108 Å². The Labute approximate surface area is 386 Å². The van der Waals surface area contributed by atoms with Gasteiger partial charge in [0.05, 0.1) is 65.9 Å². The highest BCUT2D eigenvalue weighted by Crippen LogP contribution is 2.43. The molecule has 16 nitrogen and oxygen atoms in total. The monoisotopic (exact) mass is 910 g/mol. The molecule has 2 N–H and O–H groups in total. The maximum Gasteiger partial charge on any atom is 0.324 e. The number of urea groups is 1. The summed E-state index contributed by atoms with van der Waals surface area (Å²) in [6.45, 7) is 19.1. The van der Waals surface area contributed by atoms with E-state index in [1.807, 2.05) is 25.5 Å². The number of carbonyl (C=O) groups excluding carboxylic acids is 3. The van der Waals surface area contributed by atoms with Crippen molar-refractivity contribution >= 4 is 45.8 Å². The number of methoxy groups -OCH3 is 1. The Morgan fingerprint density at radius 2 is 1.95 bits per heavy atom. The number of pyridine rings is 1. The summed E-state index contributed by atoms with van der Waals surface area (Å²) in [6, 6.07) is 7.28. The van der Waals surface area contributed by atoms with Gasteiger partial charge in [-0.05, 0) is 70.8 Å². The molecule has 0 aliphatic carbocycles. The van der Waals surface area contributed by atoms with E-state index in [9.17, 15) is 14.4 Å². The van der Waals surface area contributed by atoms with Gasteiger partial charge < -0.3 is 38.8 Å². The standard InChI is InChI=1S/C48H66N10O6S/c1-8-56-41-12-11-32-20-35(41)37(44(56)36-21-33(24-49-43(36)31(3)62-7)55-16-15-54-18-19-63-27-34(54)26-55)23-48(4,5)29-64-46(60)38-10-9-13-58(52-38)45(59)39(22-42-50-40(32)28-65-42)51-47(61)57-17-14-53(6)25-30(57)2/h11-12,20-21,24,28,30-31,34,38-39,52H,8-10,13-19,22-23,25-27,29H2,1-7H3,(H,51,61)/t30-,31-,34-,38-,39-/m0/s1. The van der Waals surface area contributed by atoms with E-state index in [1.165, 1.54) is 16.3 Å². The second-order valence-corrected chi connectivity index (χ2v) is 20.4. The van der Waals surface area contributed by atoms with Crippen molar-refractivity contribution in [2.45, 2.75) is 97.1 Å². The number of nitrogens with one attached hydrogen (secondary N) is 2. The molecule has 65 heavy (non-hydrogen) atoms. The van der Waals surface area contributed by atoms with Crippen LogP contribution in [0, 0.1) is 5.41 Å². The molecule has 4 saturated heterocycles. The molecule has 9 rings (SSSR count). The number of morpholine rings is 1. The summed E-state index contributed by atoms with van der Waals surface area (Å²) in [5.41, 5.74) is 10.7. The maximum absolute atomic E-state index is 14.4. The SMILES string of the molecule is CCn1c(-c2cc(N3CCN4CCOC[C@@H]4C3)cnc2[C@H](C)OC)c2c3cc(ccc31)-c1csc(n1)C[C@H](NC(=O)N1CCN(C)C[C@@H]1C)C(=O)N1CCC[C@H](N1)C(=O)OCC(C)(C)C2. The van der Waals surface area contributed by atoms with E-state index in [2.05, 4.69) is 82.0 Å². The fourth-order valence-corrected chi connectivity index (χ4v) is 11.3. The Hall–Kier alpha value is -4.65. The average Bonchev–Trinajstić information content (AvgIpc) is 3.90. The Kier molecular flexibility index (Phi) is 13.2. The first-order valence-electron chi connectivity index (χ1n) is 23.5. The molecular weight excluding hydrogens is 845 g/mol. The van der Waals surface area contributed by atoms with Crippen molar-refractivity contribution in [1.82, 2.24) is 45.0 Å². The zero-order chi connectivity index (χ0) is 45.6. The lowest BCUT2D eigenvalue weighted by atomic mass is 9.84. The number of ether oxygens (including phenoxy) is 3. The van der Waals surface area contributed by atoms with Gasteiger partial charge in [0.1, 0.15) is 12.1 Å². The number of hydrazine groups is 1. The minimum atomic E-state index is -0.906. The van der Waals surface area contributed by atoms with Gasteiger partial charge in [-0.1, -0.05) is 19.9 Å². The summed E-state index contributed by atoms with van der Waals surface area (Å²) >= 11 is 1.48. The first-order valence-corrected chi connectivity index (χ1v) is 24.4. The predicted molar refractivity (Wildman–Crippen MR) is 252 cm³/mol. The third-order valence-corrected chi connectivity index (χ3v) is 15.0. The van der Waals surface area contributed by atoms with Gasteiger partial charge in [-0.25, -0.2) is 15.2 Å². The first kappa shape index (κ1) is 45.5. The number of hydrogen-bond acceptors (Lipinski definition) is 13. The van der Waals surface area contributed by atoms with Gasteiger partial charge >= 0.3 is 12.0 Å². The molecule has 8 heterocycles. The Morgan fingerprint density at radius 1 is 1.11 bits per heavy atom. The van der Waals surface area contributed by atoms with Crippen molar-refractivity contribution in [3.8, 4) is 22.5 Å². The van der Waals surface area contributed by atoms with E-state index in [0.29, 0.717) is 44.9 Å². The summed E-state index contributed by atoms with van der Waals surface area (Å²) in [5.74, 6) is -0.704. The van der Waals surface area contributed by atoms with Gasteiger partial charge in [0, 0.05) is 111 Å². The van der Waals surface area contributed by atoms with Gasteiger partial charge in [-0.2, -0.15) is 0 Å². The van der Waals surface area contributed by atoms with Gasteiger partial charge in [-0.3, -0.25) is 24.5 Å². The van der Waals surface area contributed by atoms with Crippen LogP contribution in [0.1, 0.15) is 69.8 Å². The van der Waals surface area contributed by atoms with Crippen LogP contribution >= 0.6 is 11.3 Å². The van der Waals surface area contributed by atoms with Crippen LogP contribution in [0.25, 0.3) is 33.4 Å². The van der Waals surface area contributed by atoms with E-state index in [1.54, 1.807) is 12.0 Å². The average molecular weight is 911 g/mol. The molecule has 3 amide bonds. The molecule has 4 aromatic rings. The van der Waals surface area contributed by atoms with Crippen LogP contribution in [0.2, 0.25) is 0 Å². The number of anilines is 1. The minimum Gasteiger partial charge on any atom is -0.464 e. The lowest BCUT2D eigenvalue weighted by Crippen LogP contribution is -2.62. The van der Waals surface area contributed by atoms with Gasteiger partial charge in [-0.15, -0.1) is 11.3 Å². The van der Waals surface area contributed by atoms with Crippen LogP contribution in [0.4, 0.5) is 10.5 Å². The third-order valence-electron chi connectivity index (χ3n) is 14.1. The molecule has 17 heteroatoms. The normalized spacial score (nSPS) is 25.2. The smallest absolute Gasteiger partial charge is 0.324 e. The number of amides is 3. The molecule has 0 spiro atoms. The second kappa shape index (κ2) is 18.9. The molecule has 0 radical (unpaired) electrons. The van der Waals surface area contributed by atoms with Crippen LogP contribution < -0.4 is 15.6 Å². The summed E-state index contributed by atoms with van der Waals surface area (Å²) in [6.07, 6.45) is 3.67. The Morgan fingerprint density at radius 3 is 2.75 bits per heavy atom. The van der Waals surface area contributed by atoms with Crippen LogP contribution in [-0.2, 0) is 43.2 Å². The highest BCUT2D eigenvalue weighted by molar-refractivity contribution is 7.10. The lowest BCUT2D eigenvalue weighted by Gasteiger charge is -2.44. The lowest BCUT2D eigenvalue weighted by molar-refractivity contribution is -0.155. The molecule has 0 saturated carbocycles. The van der Waals surface area contributed by atoms with E-state index >= 15 is 0 Å². The highest BCUT2D eigenvalue weighted by atomic mass is 32.1. The molecule has 3 aromatic heterocycles. The molecule has 0 unspecified atom stereocenters. The van der Waals surface area contributed by atoms with E-state index in [4.69, 9.17) is 24.2 Å². The van der Waals surface area contributed by atoms with Gasteiger partial charge in [0.2, 0.25) is 0 Å². The summed E-state index contributed by atoms with van der Waals surface area (Å²) in [4.78, 5) is 61.6. The molecule has 5 aliphatic rings. The number of piperazine rings is 2. The highest BCUT2D eigenvalue weighted by Gasteiger charge is 2.38.